The summed E-state index contributed by atoms with van der Waals surface area (Å²) in [6, 6.07) is 8.40. The summed E-state index contributed by atoms with van der Waals surface area (Å²) in [6.07, 6.45) is 3.22. The van der Waals surface area contributed by atoms with Crippen molar-refractivity contribution in [3.8, 4) is 11.3 Å². The van der Waals surface area contributed by atoms with Crippen LogP contribution in [0.25, 0.3) is 22.0 Å². The van der Waals surface area contributed by atoms with Gasteiger partial charge in [-0.3, -0.25) is 14.8 Å². The fourth-order valence-corrected chi connectivity index (χ4v) is 3.38. The molecule has 4 rings (SSSR count). The Morgan fingerprint density at radius 2 is 1.73 bits per heavy atom. The van der Waals surface area contributed by atoms with Crippen molar-refractivity contribution in [1.29, 1.82) is 0 Å². The van der Waals surface area contributed by atoms with E-state index < -0.39 is 24.1 Å². The monoisotopic (exact) mass is 407 g/mol. The molecule has 3 heterocycles. The minimum atomic E-state index is -0.820. The number of rotatable bonds is 3. The lowest BCUT2D eigenvalue weighted by atomic mass is 9.76. The van der Waals surface area contributed by atoms with Crippen LogP contribution in [-0.4, -0.2) is 41.2 Å². The highest BCUT2D eigenvalue weighted by atomic mass is 19.1. The van der Waals surface area contributed by atoms with Crippen LogP contribution in [0.3, 0.4) is 0 Å². The predicted molar refractivity (Wildman–Crippen MR) is 114 cm³/mol. The Labute approximate surface area is 175 Å². The minimum Gasteiger partial charge on any atom is -0.399 e. The maximum Gasteiger partial charge on any atom is 0.498 e. The van der Waals surface area contributed by atoms with Gasteiger partial charge in [-0.25, -0.2) is 4.39 Å². The minimum absolute atomic E-state index is 0.254. The van der Waals surface area contributed by atoms with E-state index in [4.69, 9.17) is 9.31 Å². The number of amides is 1. The highest BCUT2D eigenvalue weighted by Gasteiger charge is 2.52. The standard InChI is InChI=1S/C22H23BFN3O3/c1-21(2)22(3,4)30-23(29-21)19-15-12-27-18(10-13(15)6-8-16(19)24)14-7-9-17(26-11-14)20(28)25-5/h6-12H,1-5H3,(H,25,28). The van der Waals surface area contributed by atoms with Gasteiger partial charge in [0.2, 0.25) is 0 Å². The molecule has 1 aromatic carbocycles. The summed E-state index contributed by atoms with van der Waals surface area (Å²) < 4.78 is 26.9. The van der Waals surface area contributed by atoms with Crippen molar-refractivity contribution in [2.75, 3.05) is 7.05 Å². The van der Waals surface area contributed by atoms with Gasteiger partial charge in [0.25, 0.3) is 5.91 Å². The summed E-state index contributed by atoms with van der Waals surface area (Å²) in [5.74, 6) is -0.650. The number of hydrogen-bond acceptors (Lipinski definition) is 5. The number of halogens is 1. The van der Waals surface area contributed by atoms with Gasteiger partial charge in [-0.05, 0) is 57.3 Å². The van der Waals surface area contributed by atoms with Gasteiger partial charge in [0, 0.05) is 35.9 Å². The van der Waals surface area contributed by atoms with Gasteiger partial charge >= 0.3 is 7.12 Å². The Bertz CT molecular complexity index is 1120. The Balaban J connectivity index is 1.74. The van der Waals surface area contributed by atoms with Crippen molar-refractivity contribution in [2.24, 2.45) is 0 Å². The third-order valence-corrected chi connectivity index (χ3v) is 5.90. The highest BCUT2D eigenvalue weighted by molar-refractivity contribution is 6.65. The van der Waals surface area contributed by atoms with Crippen LogP contribution in [0.2, 0.25) is 0 Å². The van der Waals surface area contributed by atoms with Gasteiger partial charge in [-0.2, -0.15) is 0 Å². The molecule has 1 aliphatic rings. The molecule has 1 amide bonds. The smallest absolute Gasteiger partial charge is 0.399 e. The molecule has 0 atom stereocenters. The first-order valence-electron chi connectivity index (χ1n) is 9.75. The van der Waals surface area contributed by atoms with Crippen LogP contribution in [0, 0.1) is 5.82 Å². The lowest BCUT2D eigenvalue weighted by Gasteiger charge is -2.32. The van der Waals surface area contributed by atoms with Gasteiger partial charge in [0.15, 0.2) is 0 Å². The predicted octanol–water partition coefficient (Wildman–Crippen LogP) is 3.09. The molecule has 30 heavy (non-hydrogen) atoms. The molecule has 1 N–H and O–H groups in total. The van der Waals surface area contributed by atoms with Crippen molar-refractivity contribution < 1.29 is 18.5 Å². The number of pyridine rings is 2. The van der Waals surface area contributed by atoms with Crippen LogP contribution in [-0.2, 0) is 9.31 Å². The molecule has 0 bridgehead atoms. The number of nitrogens with one attached hydrogen (secondary N) is 1. The maximum absolute atomic E-state index is 14.8. The van der Waals surface area contributed by atoms with Gasteiger partial charge in [0.1, 0.15) is 11.5 Å². The summed E-state index contributed by atoms with van der Waals surface area (Å²) in [5, 5.41) is 3.98. The van der Waals surface area contributed by atoms with Gasteiger partial charge in [-0.15, -0.1) is 0 Å². The van der Waals surface area contributed by atoms with E-state index in [0.717, 1.165) is 10.9 Å². The molecule has 0 aliphatic carbocycles. The van der Waals surface area contributed by atoms with Crippen molar-refractivity contribution in [3.63, 3.8) is 0 Å². The second kappa shape index (κ2) is 7.14. The molecular formula is C22H23BFN3O3. The van der Waals surface area contributed by atoms with Crippen LogP contribution in [0.4, 0.5) is 4.39 Å². The van der Waals surface area contributed by atoms with Crippen molar-refractivity contribution in [1.82, 2.24) is 15.3 Å². The number of benzene rings is 1. The van der Waals surface area contributed by atoms with Gasteiger partial charge < -0.3 is 14.6 Å². The van der Waals surface area contributed by atoms with E-state index in [0.29, 0.717) is 22.2 Å². The van der Waals surface area contributed by atoms with Crippen LogP contribution in [0.15, 0.2) is 42.7 Å². The van der Waals surface area contributed by atoms with E-state index >= 15 is 0 Å². The number of carbonyl (C=O) groups excluding carboxylic acids is 1. The molecule has 1 saturated heterocycles. The number of hydrogen-bond donors (Lipinski definition) is 1. The number of aromatic nitrogens is 2. The normalized spacial score (nSPS) is 17.3. The average molecular weight is 407 g/mol. The lowest BCUT2D eigenvalue weighted by Crippen LogP contribution is -2.41. The third kappa shape index (κ3) is 3.36. The second-order valence-corrected chi connectivity index (χ2v) is 8.35. The molecule has 2 aromatic heterocycles. The first-order chi connectivity index (χ1) is 14.1. The zero-order chi connectivity index (χ0) is 21.7. The number of nitrogens with zero attached hydrogens (tertiary/aromatic N) is 2. The molecule has 0 unspecified atom stereocenters. The maximum atomic E-state index is 14.8. The summed E-state index contributed by atoms with van der Waals surface area (Å²) in [5.41, 5.74) is 0.955. The van der Waals surface area contributed by atoms with E-state index in [1.807, 2.05) is 33.8 Å². The van der Waals surface area contributed by atoms with Crippen LogP contribution < -0.4 is 10.8 Å². The van der Waals surface area contributed by atoms with E-state index in [9.17, 15) is 9.18 Å². The Morgan fingerprint density at radius 3 is 2.33 bits per heavy atom. The molecule has 0 spiro atoms. The van der Waals surface area contributed by atoms with E-state index in [2.05, 4.69) is 15.3 Å². The number of fused-ring (bicyclic) bond motifs is 1. The Hall–Kier alpha value is -2.84. The first kappa shape index (κ1) is 20.4. The van der Waals surface area contributed by atoms with Crippen LogP contribution in [0.5, 0.6) is 0 Å². The lowest BCUT2D eigenvalue weighted by molar-refractivity contribution is 0.00578. The molecule has 1 aliphatic heterocycles. The first-order valence-corrected chi connectivity index (χ1v) is 9.75. The summed E-state index contributed by atoms with van der Waals surface area (Å²) in [7, 11) is 0.736. The zero-order valence-electron chi connectivity index (χ0n) is 17.6. The molecule has 8 heteroatoms. The average Bonchev–Trinajstić information content (AvgIpc) is 2.93. The molecule has 3 aromatic rings. The number of carbonyl (C=O) groups is 1. The van der Waals surface area contributed by atoms with E-state index in [1.165, 1.54) is 6.07 Å². The Morgan fingerprint density at radius 1 is 1.03 bits per heavy atom. The summed E-state index contributed by atoms with van der Waals surface area (Å²) in [4.78, 5) is 20.4. The van der Waals surface area contributed by atoms with Crippen molar-refractivity contribution in [3.05, 3.63) is 54.2 Å². The topological polar surface area (TPSA) is 73.3 Å². The summed E-state index contributed by atoms with van der Waals surface area (Å²) in [6.45, 7) is 7.73. The fourth-order valence-electron chi connectivity index (χ4n) is 3.38. The molecular weight excluding hydrogens is 384 g/mol. The molecule has 6 nitrogen and oxygen atoms in total. The SMILES string of the molecule is CNC(=O)c1ccc(-c2cc3ccc(F)c(B4OC(C)(C)C(C)(C)O4)c3cn2)cn1. The van der Waals surface area contributed by atoms with Crippen molar-refractivity contribution >= 4 is 29.3 Å². The highest BCUT2D eigenvalue weighted by Crippen LogP contribution is 2.37. The third-order valence-electron chi connectivity index (χ3n) is 5.90. The van der Waals surface area contributed by atoms with Gasteiger partial charge in [-0.1, -0.05) is 6.07 Å². The largest absolute Gasteiger partial charge is 0.498 e. The van der Waals surface area contributed by atoms with E-state index in [-0.39, 0.29) is 5.91 Å². The molecule has 154 valence electrons. The van der Waals surface area contributed by atoms with E-state index in [1.54, 1.807) is 37.6 Å². The second-order valence-electron chi connectivity index (χ2n) is 8.35. The summed E-state index contributed by atoms with van der Waals surface area (Å²) >= 11 is 0. The fraction of sp³-hybridized carbons (Fsp3) is 0.318. The van der Waals surface area contributed by atoms with Crippen LogP contribution in [0.1, 0.15) is 38.2 Å². The molecule has 0 radical (unpaired) electrons. The molecule has 0 saturated carbocycles. The van der Waals surface area contributed by atoms with Gasteiger partial charge in [0.05, 0.1) is 16.9 Å². The quantitative estimate of drug-likeness (QED) is 0.676. The Kier molecular flexibility index (Phi) is 4.87. The molecule has 1 fully saturated rings. The van der Waals surface area contributed by atoms with Crippen LogP contribution >= 0.6 is 0 Å². The zero-order valence-corrected chi connectivity index (χ0v) is 17.6. The van der Waals surface area contributed by atoms with Crippen molar-refractivity contribution in [2.45, 2.75) is 38.9 Å².